The molecule has 188 valence electrons. The number of hydrogen-bond acceptors (Lipinski definition) is 6. The van der Waals surface area contributed by atoms with Gasteiger partial charge >= 0.3 is 5.69 Å². The number of pyridine rings is 1. The third-order valence-corrected chi connectivity index (χ3v) is 8.66. The lowest BCUT2D eigenvalue weighted by atomic mass is 10.2. The van der Waals surface area contributed by atoms with E-state index in [2.05, 4.69) is 10.1 Å². The zero-order chi connectivity index (χ0) is 25.7. The SMILES string of the molecule is Cc1cc(Cn2c(=O)n(Cc3cnn(C)c3)c(=O)c3cc(S(=O)(=O)CC4(CF)CC4)ccc32)ccn1. The summed E-state index contributed by atoms with van der Waals surface area (Å²) in [5.41, 5.74) is 0.640. The van der Waals surface area contributed by atoms with Gasteiger partial charge in [-0.05, 0) is 55.7 Å². The van der Waals surface area contributed by atoms with Crippen LogP contribution in [-0.4, -0.2) is 44.7 Å². The van der Waals surface area contributed by atoms with Gasteiger partial charge in [0, 0.05) is 36.1 Å². The Morgan fingerprint density at radius 3 is 2.44 bits per heavy atom. The van der Waals surface area contributed by atoms with Crippen LogP contribution in [0.25, 0.3) is 10.9 Å². The highest BCUT2D eigenvalue weighted by atomic mass is 32.2. The van der Waals surface area contributed by atoms with Crippen LogP contribution in [0.5, 0.6) is 0 Å². The summed E-state index contributed by atoms with van der Waals surface area (Å²) in [5.74, 6) is -0.304. The van der Waals surface area contributed by atoms with Crippen molar-refractivity contribution < 1.29 is 12.8 Å². The quantitative estimate of drug-likeness (QED) is 0.359. The first-order valence-electron chi connectivity index (χ1n) is 11.6. The van der Waals surface area contributed by atoms with Gasteiger partial charge in [-0.25, -0.2) is 13.2 Å². The molecule has 0 unspecified atom stereocenters. The van der Waals surface area contributed by atoms with Gasteiger partial charge in [-0.15, -0.1) is 0 Å². The van der Waals surface area contributed by atoms with E-state index in [9.17, 15) is 22.4 Å². The summed E-state index contributed by atoms with van der Waals surface area (Å²) in [6, 6.07) is 7.83. The summed E-state index contributed by atoms with van der Waals surface area (Å²) in [6.45, 7) is 1.30. The first-order valence-corrected chi connectivity index (χ1v) is 13.2. The molecule has 1 saturated carbocycles. The summed E-state index contributed by atoms with van der Waals surface area (Å²) in [7, 11) is -2.09. The Morgan fingerprint density at radius 1 is 1.06 bits per heavy atom. The van der Waals surface area contributed by atoms with E-state index in [0.717, 1.165) is 15.8 Å². The number of aryl methyl sites for hydroxylation is 2. The molecule has 11 heteroatoms. The van der Waals surface area contributed by atoms with Gasteiger partial charge in [-0.2, -0.15) is 5.10 Å². The van der Waals surface area contributed by atoms with E-state index in [1.165, 1.54) is 22.8 Å². The molecule has 1 aliphatic carbocycles. The Bertz CT molecular complexity index is 1700. The molecule has 0 amide bonds. The number of aromatic nitrogens is 5. The van der Waals surface area contributed by atoms with Gasteiger partial charge in [0.2, 0.25) is 0 Å². The highest BCUT2D eigenvalue weighted by Gasteiger charge is 2.46. The monoisotopic (exact) mass is 511 g/mol. The van der Waals surface area contributed by atoms with Crippen LogP contribution in [0.3, 0.4) is 0 Å². The van der Waals surface area contributed by atoms with Gasteiger partial charge in [0.1, 0.15) is 0 Å². The predicted octanol–water partition coefficient (Wildman–Crippen LogP) is 2.22. The van der Waals surface area contributed by atoms with E-state index in [4.69, 9.17) is 0 Å². The molecule has 1 aliphatic rings. The molecular formula is C25H26FN5O4S. The summed E-state index contributed by atoms with van der Waals surface area (Å²) in [6.07, 6.45) is 5.98. The fourth-order valence-corrected chi connectivity index (χ4v) is 6.40. The number of nitrogens with zero attached hydrogens (tertiary/aromatic N) is 5. The normalized spacial score (nSPS) is 14.9. The predicted molar refractivity (Wildman–Crippen MR) is 133 cm³/mol. The molecule has 0 atom stereocenters. The summed E-state index contributed by atoms with van der Waals surface area (Å²) >= 11 is 0. The maximum absolute atomic E-state index is 13.5. The van der Waals surface area contributed by atoms with E-state index < -0.39 is 33.2 Å². The zero-order valence-corrected chi connectivity index (χ0v) is 20.8. The maximum atomic E-state index is 13.5. The molecule has 0 N–H and O–H groups in total. The molecule has 0 saturated heterocycles. The van der Waals surface area contributed by atoms with E-state index in [1.807, 2.05) is 13.0 Å². The molecule has 3 aromatic heterocycles. The number of fused-ring (bicyclic) bond motifs is 1. The Balaban J connectivity index is 1.68. The molecule has 0 spiro atoms. The van der Waals surface area contributed by atoms with Crippen LogP contribution in [0.1, 0.15) is 29.7 Å². The van der Waals surface area contributed by atoms with Gasteiger partial charge in [-0.1, -0.05) is 0 Å². The molecule has 0 bridgehead atoms. The van der Waals surface area contributed by atoms with Crippen LogP contribution in [0.2, 0.25) is 0 Å². The topological polar surface area (TPSA) is 109 Å². The van der Waals surface area contributed by atoms with Crippen molar-refractivity contribution in [2.24, 2.45) is 12.5 Å². The average Bonchev–Trinajstić information content (AvgIpc) is 3.49. The summed E-state index contributed by atoms with van der Waals surface area (Å²) in [5, 5.41) is 4.21. The van der Waals surface area contributed by atoms with Crippen molar-refractivity contribution in [1.82, 2.24) is 23.9 Å². The molecule has 36 heavy (non-hydrogen) atoms. The van der Waals surface area contributed by atoms with Crippen LogP contribution in [0, 0.1) is 12.3 Å². The van der Waals surface area contributed by atoms with Crippen molar-refractivity contribution in [3.05, 3.63) is 86.6 Å². The smallest absolute Gasteiger partial charge is 0.289 e. The largest absolute Gasteiger partial charge is 0.332 e. The van der Waals surface area contributed by atoms with Crippen molar-refractivity contribution in [1.29, 1.82) is 0 Å². The van der Waals surface area contributed by atoms with E-state index in [0.29, 0.717) is 23.9 Å². The first-order chi connectivity index (χ1) is 17.1. The lowest BCUT2D eigenvalue weighted by Gasteiger charge is -2.16. The molecule has 1 aromatic carbocycles. The van der Waals surface area contributed by atoms with E-state index >= 15 is 0 Å². The Morgan fingerprint density at radius 2 is 1.81 bits per heavy atom. The molecule has 5 rings (SSSR count). The Hall–Kier alpha value is -3.60. The summed E-state index contributed by atoms with van der Waals surface area (Å²) in [4.78, 5) is 31.2. The maximum Gasteiger partial charge on any atom is 0.332 e. The molecule has 3 heterocycles. The Labute approximate surface area is 206 Å². The van der Waals surface area contributed by atoms with Gasteiger partial charge in [-0.3, -0.25) is 28.0 Å². The lowest BCUT2D eigenvalue weighted by Crippen LogP contribution is -2.40. The number of sulfone groups is 1. The van der Waals surface area contributed by atoms with Crippen molar-refractivity contribution in [2.75, 3.05) is 12.4 Å². The van der Waals surface area contributed by atoms with E-state index in [1.54, 1.807) is 36.4 Å². The van der Waals surface area contributed by atoms with Gasteiger partial charge < -0.3 is 0 Å². The number of benzene rings is 1. The van der Waals surface area contributed by atoms with Crippen LogP contribution < -0.4 is 11.2 Å². The van der Waals surface area contributed by atoms with Gasteiger partial charge in [0.25, 0.3) is 5.56 Å². The second-order valence-electron chi connectivity index (χ2n) is 9.66. The second kappa shape index (κ2) is 8.81. The third kappa shape index (κ3) is 4.50. The molecule has 1 fully saturated rings. The highest BCUT2D eigenvalue weighted by Crippen LogP contribution is 2.47. The standard InChI is InChI=1S/C25H26FN5O4S/c1-17-9-18(5-8-27-17)13-30-22-4-3-20(36(34,35)16-25(15-26)6-7-25)10-21(22)23(32)31(24(30)33)14-19-11-28-29(2)12-19/h3-5,8-12H,6-7,13-16H2,1-2H3. The minimum Gasteiger partial charge on any atom is -0.289 e. The van der Waals surface area contributed by atoms with Crippen LogP contribution in [0.4, 0.5) is 4.39 Å². The lowest BCUT2D eigenvalue weighted by molar-refractivity contribution is 0.367. The summed E-state index contributed by atoms with van der Waals surface area (Å²) < 4.78 is 43.7. The fraction of sp³-hybridized carbons (Fsp3) is 0.360. The second-order valence-corrected chi connectivity index (χ2v) is 11.6. The van der Waals surface area contributed by atoms with Crippen LogP contribution in [-0.2, 0) is 30.0 Å². The van der Waals surface area contributed by atoms with Crippen molar-refractivity contribution in [3.63, 3.8) is 0 Å². The molecule has 0 aliphatic heterocycles. The molecule has 4 aromatic rings. The number of hydrogen-bond donors (Lipinski definition) is 0. The molecule has 0 radical (unpaired) electrons. The van der Waals surface area contributed by atoms with Crippen molar-refractivity contribution in [2.45, 2.75) is 37.8 Å². The fourth-order valence-electron chi connectivity index (χ4n) is 4.49. The first kappa shape index (κ1) is 24.1. The molecular weight excluding hydrogens is 485 g/mol. The van der Waals surface area contributed by atoms with Gasteiger partial charge in [0.05, 0.1) is 47.5 Å². The highest BCUT2D eigenvalue weighted by molar-refractivity contribution is 7.91. The van der Waals surface area contributed by atoms with Crippen molar-refractivity contribution >= 4 is 20.7 Å². The molecule has 9 nitrogen and oxygen atoms in total. The Kier molecular flexibility index (Phi) is 5.90. The number of rotatable bonds is 8. The van der Waals surface area contributed by atoms with Crippen LogP contribution in [0.15, 0.2) is 63.4 Å². The zero-order valence-electron chi connectivity index (χ0n) is 20.0. The third-order valence-electron chi connectivity index (χ3n) is 6.69. The van der Waals surface area contributed by atoms with Crippen molar-refractivity contribution in [3.8, 4) is 0 Å². The minimum absolute atomic E-state index is 0.0151. The van der Waals surface area contributed by atoms with Gasteiger partial charge in [0.15, 0.2) is 9.84 Å². The number of halogens is 1. The van der Waals surface area contributed by atoms with E-state index in [-0.39, 0.29) is 29.1 Å². The minimum atomic E-state index is -3.83. The number of alkyl halides is 1. The van der Waals surface area contributed by atoms with Crippen LogP contribution >= 0.6 is 0 Å². The average molecular weight is 512 g/mol.